The van der Waals surface area contributed by atoms with Gasteiger partial charge >= 0.3 is 0 Å². The molecule has 120 valence electrons. The minimum Gasteiger partial charge on any atom is -0.368 e. The van der Waals surface area contributed by atoms with Crippen LogP contribution in [0.15, 0.2) is 24.5 Å². The van der Waals surface area contributed by atoms with Crippen LogP contribution in [0.4, 0.5) is 5.82 Å². The van der Waals surface area contributed by atoms with Gasteiger partial charge in [-0.2, -0.15) is 0 Å². The molecule has 0 atom stereocenters. The van der Waals surface area contributed by atoms with E-state index in [0.29, 0.717) is 18.9 Å². The Morgan fingerprint density at radius 3 is 2.65 bits per heavy atom. The van der Waals surface area contributed by atoms with Crippen LogP contribution < -0.4 is 5.32 Å². The number of nitrogens with zero attached hydrogens (tertiary/aromatic N) is 4. The van der Waals surface area contributed by atoms with Gasteiger partial charge < -0.3 is 10.2 Å². The summed E-state index contributed by atoms with van der Waals surface area (Å²) >= 11 is 0. The van der Waals surface area contributed by atoms with Crippen molar-refractivity contribution in [1.82, 2.24) is 19.9 Å². The Morgan fingerprint density at radius 2 is 2.00 bits per heavy atom. The molecule has 23 heavy (non-hydrogen) atoms. The molecule has 0 fully saturated rings. The molecule has 3 heterocycles. The molecule has 0 saturated heterocycles. The van der Waals surface area contributed by atoms with Crippen LogP contribution in [0, 0.1) is 0 Å². The van der Waals surface area contributed by atoms with Crippen molar-refractivity contribution in [2.75, 3.05) is 11.9 Å². The molecule has 2 aromatic rings. The van der Waals surface area contributed by atoms with Gasteiger partial charge in [0.05, 0.1) is 12.2 Å². The van der Waals surface area contributed by atoms with E-state index in [4.69, 9.17) is 9.97 Å². The van der Waals surface area contributed by atoms with E-state index in [1.807, 2.05) is 17.0 Å². The molecule has 0 spiro atoms. The first-order valence-electron chi connectivity index (χ1n) is 7.87. The molecular formula is C17H21N5O. The number of nitrogens with one attached hydrogen (secondary N) is 1. The molecule has 1 amide bonds. The highest BCUT2D eigenvalue weighted by molar-refractivity contribution is 5.74. The molecule has 0 bridgehead atoms. The van der Waals surface area contributed by atoms with Gasteiger partial charge in [0.2, 0.25) is 5.91 Å². The molecule has 1 N–H and O–H groups in total. The summed E-state index contributed by atoms with van der Waals surface area (Å²) in [4.78, 5) is 27.0. The molecule has 1 aliphatic heterocycles. The number of aromatic nitrogens is 3. The molecule has 0 radical (unpaired) electrons. The molecule has 0 aliphatic carbocycles. The second-order valence-electron chi connectivity index (χ2n) is 6.05. The summed E-state index contributed by atoms with van der Waals surface area (Å²) in [5.74, 6) is 1.62. The fourth-order valence-electron chi connectivity index (χ4n) is 2.72. The highest BCUT2D eigenvalue weighted by Crippen LogP contribution is 2.27. The second-order valence-corrected chi connectivity index (χ2v) is 6.05. The Labute approximate surface area is 136 Å². The monoisotopic (exact) mass is 311 g/mol. The summed E-state index contributed by atoms with van der Waals surface area (Å²) in [6.45, 7) is 7.03. The lowest BCUT2D eigenvalue weighted by Gasteiger charge is -2.29. The van der Waals surface area contributed by atoms with Gasteiger partial charge in [-0.25, -0.2) is 9.97 Å². The number of rotatable bonds is 3. The van der Waals surface area contributed by atoms with Gasteiger partial charge in [0.1, 0.15) is 5.82 Å². The van der Waals surface area contributed by atoms with Crippen LogP contribution in [0.25, 0.3) is 11.4 Å². The average Bonchev–Trinajstić information content (AvgIpc) is 2.54. The maximum atomic E-state index is 11.7. The highest BCUT2D eigenvalue weighted by Gasteiger charge is 2.24. The van der Waals surface area contributed by atoms with Crippen molar-refractivity contribution >= 4 is 11.7 Å². The van der Waals surface area contributed by atoms with Gasteiger partial charge in [0.25, 0.3) is 0 Å². The topological polar surface area (TPSA) is 71.0 Å². The number of carbonyl (C=O) groups excluding carboxylic acids is 1. The summed E-state index contributed by atoms with van der Waals surface area (Å²) in [6.07, 6.45) is 4.24. The smallest absolute Gasteiger partial charge is 0.219 e. The molecule has 3 rings (SSSR count). The highest BCUT2D eigenvalue weighted by atomic mass is 16.2. The minimum absolute atomic E-state index is 0.0816. The van der Waals surface area contributed by atoms with Gasteiger partial charge in [-0.3, -0.25) is 9.78 Å². The number of pyridine rings is 1. The van der Waals surface area contributed by atoms with Crippen molar-refractivity contribution < 1.29 is 4.79 Å². The first-order chi connectivity index (χ1) is 11.0. The zero-order chi connectivity index (χ0) is 16.4. The summed E-state index contributed by atoms with van der Waals surface area (Å²) in [5.41, 5.74) is 2.97. The van der Waals surface area contributed by atoms with Crippen LogP contribution >= 0.6 is 0 Å². The maximum Gasteiger partial charge on any atom is 0.219 e. The fraction of sp³-hybridized carbons (Fsp3) is 0.412. The molecule has 1 aliphatic rings. The third kappa shape index (κ3) is 3.31. The predicted octanol–water partition coefficient (Wildman–Crippen LogP) is 2.26. The van der Waals surface area contributed by atoms with Gasteiger partial charge in [-0.15, -0.1) is 0 Å². The number of hydrogen-bond acceptors (Lipinski definition) is 5. The zero-order valence-electron chi connectivity index (χ0n) is 13.7. The van der Waals surface area contributed by atoms with E-state index < -0.39 is 0 Å². The van der Waals surface area contributed by atoms with Gasteiger partial charge in [0, 0.05) is 43.0 Å². The van der Waals surface area contributed by atoms with Crippen molar-refractivity contribution in [3.63, 3.8) is 0 Å². The van der Waals surface area contributed by atoms with E-state index in [9.17, 15) is 4.79 Å². The third-order valence-corrected chi connectivity index (χ3v) is 3.87. The Bertz CT molecular complexity index is 714. The lowest BCUT2D eigenvalue weighted by Crippen LogP contribution is -2.35. The van der Waals surface area contributed by atoms with Crippen LogP contribution in [0.1, 0.15) is 32.0 Å². The van der Waals surface area contributed by atoms with Crippen molar-refractivity contribution in [2.24, 2.45) is 0 Å². The zero-order valence-corrected chi connectivity index (χ0v) is 13.7. The largest absolute Gasteiger partial charge is 0.368 e. The molecular weight excluding hydrogens is 290 g/mol. The maximum absolute atomic E-state index is 11.7. The quantitative estimate of drug-likeness (QED) is 0.941. The third-order valence-electron chi connectivity index (χ3n) is 3.87. The van der Waals surface area contributed by atoms with Crippen LogP contribution in [-0.4, -0.2) is 38.3 Å². The van der Waals surface area contributed by atoms with Gasteiger partial charge in [0.15, 0.2) is 5.82 Å². The van der Waals surface area contributed by atoms with Crippen molar-refractivity contribution in [1.29, 1.82) is 0 Å². The standard InChI is InChI=1S/C17H21N5O/c1-11(2)19-17-14-6-9-22(12(3)23)10-15(14)20-16(21-17)13-4-7-18-8-5-13/h4-5,7-8,11H,6,9-10H2,1-3H3,(H,19,20,21). The minimum atomic E-state index is 0.0816. The molecule has 0 saturated carbocycles. The van der Waals surface area contributed by atoms with E-state index in [1.165, 1.54) is 0 Å². The normalized spacial score (nSPS) is 13.8. The van der Waals surface area contributed by atoms with Crippen molar-refractivity contribution in [2.45, 2.75) is 39.8 Å². The summed E-state index contributed by atoms with van der Waals surface area (Å²) < 4.78 is 0. The van der Waals surface area contributed by atoms with Gasteiger partial charge in [-0.05, 0) is 32.4 Å². The average molecular weight is 311 g/mol. The number of anilines is 1. The number of carbonyl (C=O) groups is 1. The number of fused-ring (bicyclic) bond motifs is 1. The Balaban J connectivity index is 2.06. The predicted molar refractivity (Wildman–Crippen MR) is 88.8 cm³/mol. The Hall–Kier alpha value is -2.50. The fourth-order valence-corrected chi connectivity index (χ4v) is 2.72. The molecule has 0 aromatic carbocycles. The van der Waals surface area contributed by atoms with Gasteiger partial charge in [-0.1, -0.05) is 0 Å². The summed E-state index contributed by atoms with van der Waals surface area (Å²) in [6, 6.07) is 4.07. The van der Waals surface area contributed by atoms with E-state index >= 15 is 0 Å². The molecule has 0 unspecified atom stereocenters. The SMILES string of the molecule is CC(=O)N1CCc2c(nc(-c3ccncc3)nc2NC(C)C)C1. The Kier molecular flexibility index (Phi) is 4.23. The van der Waals surface area contributed by atoms with Crippen LogP contribution in [0.3, 0.4) is 0 Å². The van der Waals surface area contributed by atoms with E-state index in [-0.39, 0.29) is 11.9 Å². The van der Waals surface area contributed by atoms with E-state index in [0.717, 1.165) is 29.1 Å². The lowest BCUT2D eigenvalue weighted by atomic mass is 10.0. The van der Waals surface area contributed by atoms with Crippen LogP contribution in [-0.2, 0) is 17.8 Å². The second kappa shape index (κ2) is 6.32. The van der Waals surface area contributed by atoms with E-state index in [1.54, 1.807) is 19.3 Å². The molecule has 2 aromatic heterocycles. The number of amides is 1. The Morgan fingerprint density at radius 1 is 1.26 bits per heavy atom. The molecule has 6 nitrogen and oxygen atoms in total. The lowest BCUT2D eigenvalue weighted by molar-refractivity contribution is -0.129. The first kappa shape index (κ1) is 15.4. The van der Waals surface area contributed by atoms with E-state index in [2.05, 4.69) is 24.1 Å². The molecule has 6 heteroatoms. The first-order valence-corrected chi connectivity index (χ1v) is 7.87. The summed E-state index contributed by atoms with van der Waals surface area (Å²) in [5, 5.41) is 3.42. The number of hydrogen-bond donors (Lipinski definition) is 1. The van der Waals surface area contributed by atoms with Crippen molar-refractivity contribution in [3.05, 3.63) is 35.8 Å². The summed E-state index contributed by atoms with van der Waals surface area (Å²) in [7, 11) is 0. The van der Waals surface area contributed by atoms with Crippen LogP contribution in [0.2, 0.25) is 0 Å². The van der Waals surface area contributed by atoms with Crippen LogP contribution in [0.5, 0.6) is 0 Å². The van der Waals surface area contributed by atoms with Crippen molar-refractivity contribution in [3.8, 4) is 11.4 Å².